The fourth-order valence-electron chi connectivity index (χ4n) is 5.84. The topological polar surface area (TPSA) is 98.0 Å². The average Bonchev–Trinajstić information content (AvgIpc) is 2.99. The maximum Gasteiger partial charge on any atom is 0.336 e. The number of hydrogen-bond donors (Lipinski definition) is 1. The van der Waals surface area contributed by atoms with Crippen molar-refractivity contribution in [1.29, 1.82) is 5.26 Å². The van der Waals surface area contributed by atoms with Gasteiger partial charge in [-0.05, 0) is 67.0 Å². The molecule has 0 fully saturated rings. The standard InChI is InChI=1S/C34H50N2O6/c1-9-10-11-12-18-36(4,20-16-26-21-30(40-6)32(42-8)23-28(26)33(37)38)19-13-17-34(24-35,25(2)3)27-14-15-29(39-5)31(22-27)41-7/h14-15,21-23,25H,9-13,16-20H2,1-8H3/p+1. The summed E-state index contributed by atoms with van der Waals surface area (Å²) in [5, 5.41) is 20.5. The number of ether oxygens (including phenoxy) is 4. The molecular formula is C34H51N2O6+. The zero-order chi connectivity index (χ0) is 31.3. The van der Waals surface area contributed by atoms with Crippen molar-refractivity contribution in [2.45, 2.75) is 71.1 Å². The van der Waals surface area contributed by atoms with Gasteiger partial charge in [0.2, 0.25) is 0 Å². The minimum absolute atomic E-state index is 0.0915. The number of nitriles is 1. The van der Waals surface area contributed by atoms with Gasteiger partial charge in [-0.25, -0.2) is 4.79 Å². The highest BCUT2D eigenvalue weighted by Gasteiger charge is 2.37. The van der Waals surface area contributed by atoms with Gasteiger partial charge >= 0.3 is 5.97 Å². The summed E-state index contributed by atoms with van der Waals surface area (Å²) in [7, 11) is 8.55. The molecule has 0 amide bonds. The number of carboxylic acid groups (broad SMARTS) is 1. The van der Waals surface area contributed by atoms with Crippen LogP contribution in [-0.4, -0.2) is 70.7 Å². The molecule has 0 saturated carbocycles. The number of nitrogens with zero attached hydrogens (tertiary/aromatic N) is 2. The normalized spacial score (nSPS) is 14.0. The molecule has 2 atom stereocenters. The molecule has 232 valence electrons. The Labute approximate surface area is 252 Å². The van der Waals surface area contributed by atoms with Gasteiger partial charge in [0.15, 0.2) is 23.0 Å². The summed E-state index contributed by atoms with van der Waals surface area (Å²) < 4.78 is 22.6. The molecule has 0 radical (unpaired) electrons. The van der Waals surface area contributed by atoms with E-state index >= 15 is 0 Å². The van der Waals surface area contributed by atoms with Crippen molar-refractivity contribution in [3.05, 3.63) is 47.0 Å². The summed E-state index contributed by atoms with van der Waals surface area (Å²) in [6.07, 6.45) is 6.78. The molecule has 0 spiro atoms. The minimum Gasteiger partial charge on any atom is -0.493 e. The van der Waals surface area contributed by atoms with E-state index in [0.717, 1.165) is 48.1 Å². The van der Waals surface area contributed by atoms with Crippen LogP contribution in [0.1, 0.15) is 80.8 Å². The van der Waals surface area contributed by atoms with E-state index in [1.165, 1.54) is 26.4 Å². The number of rotatable bonds is 19. The van der Waals surface area contributed by atoms with Crippen LogP contribution in [-0.2, 0) is 11.8 Å². The second-order valence-electron chi connectivity index (χ2n) is 11.7. The molecule has 2 rings (SSSR count). The highest BCUT2D eigenvalue weighted by molar-refractivity contribution is 5.90. The predicted octanol–water partition coefficient (Wildman–Crippen LogP) is 6.89. The highest BCUT2D eigenvalue weighted by atomic mass is 16.5. The molecule has 0 heterocycles. The van der Waals surface area contributed by atoms with E-state index in [1.807, 2.05) is 18.2 Å². The molecule has 8 heteroatoms. The number of methoxy groups -OCH3 is 4. The lowest BCUT2D eigenvalue weighted by Gasteiger charge is -2.37. The molecule has 2 unspecified atom stereocenters. The molecule has 8 nitrogen and oxygen atoms in total. The average molecular weight is 584 g/mol. The van der Waals surface area contributed by atoms with Gasteiger partial charge < -0.3 is 28.5 Å². The first-order valence-corrected chi connectivity index (χ1v) is 15.0. The van der Waals surface area contributed by atoms with Gasteiger partial charge in [-0.15, -0.1) is 0 Å². The Balaban J connectivity index is 2.33. The Morgan fingerprint density at radius 1 is 0.881 bits per heavy atom. The zero-order valence-corrected chi connectivity index (χ0v) is 26.9. The summed E-state index contributed by atoms with van der Waals surface area (Å²) in [5.74, 6) is 1.31. The number of likely N-dealkylation sites (N-methyl/N-ethyl adjacent to an activating group) is 1. The van der Waals surface area contributed by atoms with Crippen molar-refractivity contribution < 1.29 is 33.3 Å². The van der Waals surface area contributed by atoms with Gasteiger partial charge in [-0.3, -0.25) is 0 Å². The van der Waals surface area contributed by atoms with Crippen LogP contribution >= 0.6 is 0 Å². The van der Waals surface area contributed by atoms with Crippen LogP contribution < -0.4 is 18.9 Å². The van der Waals surface area contributed by atoms with Crippen LogP contribution in [0.5, 0.6) is 23.0 Å². The first-order valence-electron chi connectivity index (χ1n) is 15.0. The molecular weight excluding hydrogens is 532 g/mol. The third kappa shape index (κ3) is 8.54. The SMILES string of the molecule is CCCCCC[N+](C)(CCCC(C#N)(c1ccc(OC)c(OC)c1)C(C)C)CCc1cc(OC)c(OC)cc1C(=O)O. The van der Waals surface area contributed by atoms with Crippen LogP contribution in [0.25, 0.3) is 0 Å². The lowest BCUT2D eigenvalue weighted by molar-refractivity contribution is -0.909. The lowest BCUT2D eigenvalue weighted by Crippen LogP contribution is -2.47. The van der Waals surface area contributed by atoms with Crippen LogP contribution in [0.4, 0.5) is 0 Å². The van der Waals surface area contributed by atoms with Gasteiger partial charge in [0.25, 0.3) is 0 Å². The third-order valence-corrected chi connectivity index (χ3v) is 8.67. The summed E-state index contributed by atoms with van der Waals surface area (Å²) >= 11 is 0. The highest BCUT2D eigenvalue weighted by Crippen LogP contribution is 2.41. The van der Waals surface area contributed by atoms with Crippen molar-refractivity contribution in [2.24, 2.45) is 5.92 Å². The van der Waals surface area contributed by atoms with Crippen LogP contribution in [0.3, 0.4) is 0 Å². The van der Waals surface area contributed by atoms with Crippen molar-refractivity contribution in [3.63, 3.8) is 0 Å². The Morgan fingerprint density at radius 2 is 1.48 bits per heavy atom. The minimum atomic E-state index is -0.978. The van der Waals surface area contributed by atoms with Crippen molar-refractivity contribution in [2.75, 3.05) is 55.1 Å². The number of aromatic carboxylic acids is 1. The Bertz CT molecular complexity index is 1210. The summed E-state index contributed by atoms with van der Waals surface area (Å²) in [4.78, 5) is 12.1. The monoisotopic (exact) mass is 583 g/mol. The van der Waals surface area contributed by atoms with Crippen molar-refractivity contribution in [1.82, 2.24) is 0 Å². The number of hydrogen-bond acceptors (Lipinski definition) is 6. The van der Waals surface area contributed by atoms with Crippen molar-refractivity contribution >= 4 is 5.97 Å². The predicted molar refractivity (Wildman–Crippen MR) is 166 cm³/mol. The Morgan fingerprint density at radius 3 is 2.02 bits per heavy atom. The maximum absolute atomic E-state index is 12.1. The van der Waals surface area contributed by atoms with E-state index in [-0.39, 0.29) is 11.5 Å². The number of benzene rings is 2. The van der Waals surface area contributed by atoms with E-state index in [4.69, 9.17) is 18.9 Å². The van der Waals surface area contributed by atoms with Gasteiger partial charge in [0.1, 0.15) is 0 Å². The summed E-state index contributed by atoms with van der Waals surface area (Å²) in [5.41, 5.74) is 1.23. The molecule has 0 aliphatic heterocycles. The molecule has 0 aliphatic rings. The van der Waals surface area contributed by atoms with E-state index in [9.17, 15) is 15.2 Å². The first kappa shape index (κ1) is 34.8. The molecule has 0 aromatic heterocycles. The number of carboxylic acids is 1. The van der Waals surface area contributed by atoms with E-state index in [1.54, 1.807) is 33.5 Å². The fraction of sp³-hybridized carbons (Fsp3) is 0.588. The largest absolute Gasteiger partial charge is 0.493 e. The van der Waals surface area contributed by atoms with E-state index in [0.29, 0.717) is 35.8 Å². The molecule has 1 N–H and O–H groups in total. The zero-order valence-electron chi connectivity index (χ0n) is 26.9. The smallest absolute Gasteiger partial charge is 0.336 e. The van der Waals surface area contributed by atoms with E-state index in [2.05, 4.69) is 33.9 Å². The molecule has 2 aromatic carbocycles. The lowest BCUT2D eigenvalue weighted by atomic mass is 9.69. The van der Waals surface area contributed by atoms with Crippen LogP contribution in [0.15, 0.2) is 30.3 Å². The molecule has 0 aliphatic carbocycles. The van der Waals surface area contributed by atoms with Gasteiger partial charge in [0.05, 0.1) is 72.2 Å². The quantitative estimate of drug-likeness (QED) is 0.142. The number of carbonyl (C=O) groups is 1. The number of unbranched alkanes of at least 4 members (excludes halogenated alkanes) is 3. The Hall–Kier alpha value is -3.44. The maximum atomic E-state index is 12.1. The van der Waals surface area contributed by atoms with Gasteiger partial charge in [-0.1, -0.05) is 39.7 Å². The second kappa shape index (κ2) is 16.3. The number of quaternary nitrogens is 1. The van der Waals surface area contributed by atoms with Crippen LogP contribution in [0.2, 0.25) is 0 Å². The first-order chi connectivity index (χ1) is 20.0. The van der Waals surface area contributed by atoms with Crippen molar-refractivity contribution in [3.8, 4) is 29.1 Å². The summed E-state index contributed by atoms with van der Waals surface area (Å²) in [6, 6.07) is 11.8. The van der Waals surface area contributed by atoms with Gasteiger partial charge in [0, 0.05) is 6.42 Å². The molecule has 0 bridgehead atoms. The molecule has 42 heavy (non-hydrogen) atoms. The third-order valence-electron chi connectivity index (χ3n) is 8.67. The summed E-state index contributed by atoms with van der Waals surface area (Å²) in [6.45, 7) is 9.06. The van der Waals surface area contributed by atoms with Gasteiger partial charge in [-0.2, -0.15) is 5.26 Å². The second-order valence-corrected chi connectivity index (χ2v) is 11.7. The Kier molecular flexibility index (Phi) is 13.5. The molecule has 2 aromatic rings. The fourth-order valence-corrected chi connectivity index (χ4v) is 5.84. The molecule has 0 saturated heterocycles. The van der Waals surface area contributed by atoms with E-state index < -0.39 is 11.4 Å². The van der Waals surface area contributed by atoms with Crippen LogP contribution in [0, 0.1) is 17.2 Å².